The van der Waals surface area contributed by atoms with E-state index >= 15 is 0 Å². The minimum atomic E-state index is 0.455. The number of nitrogens with zero attached hydrogens (tertiary/aromatic N) is 2. The standard InChI is InChI=1S/C8H14N4O2S/c1-6-11-7(12-14-6)5-10-8(15)9-3-4-13-2/h3-5H2,1-2H3,(H2,9,10,15). The third kappa shape index (κ3) is 4.71. The van der Waals surface area contributed by atoms with Crippen LogP contribution in [-0.2, 0) is 11.3 Å². The topological polar surface area (TPSA) is 72.2 Å². The van der Waals surface area contributed by atoms with Crippen LogP contribution in [0.1, 0.15) is 11.7 Å². The third-order valence-electron chi connectivity index (χ3n) is 1.57. The van der Waals surface area contributed by atoms with Gasteiger partial charge in [-0.05, 0) is 12.2 Å². The van der Waals surface area contributed by atoms with Crippen LogP contribution < -0.4 is 10.6 Å². The fourth-order valence-corrected chi connectivity index (χ4v) is 1.08. The van der Waals surface area contributed by atoms with Crippen molar-refractivity contribution in [3.8, 4) is 0 Å². The van der Waals surface area contributed by atoms with E-state index in [1.165, 1.54) is 0 Å². The molecule has 1 heterocycles. The average Bonchev–Trinajstić information content (AvgIpc) is 2.62. The summed E-state index contributed by atoms with van der Waals surface area (Å²) in [4.78, 5) is 4.03. The normalized spacial score (nSPS) is 10.0. The van der Waals surface area contributed by atoms with Crippen LogP contribution in [0.2, 0.25) is 0 Å². The molecule has 0 radical (unpaired) electrons. The Morgan fingerprint density at radius 3 is 2.93 bits per heavy atom. The van der Waals surface area contributed by atoms with Gasteiger partial charge in [-0.15, -0.1) is 0 Å². The molecule has 1 rings (SSSR count). The van der Waals surface area contributed by atoms with Crippen LogP contribution in [0.4, 0.5) is 0 Å². The van der Waals surface area contributed by atoms with Crippen molar-refractivity contribution < 1.29 is 9.26 Å². The highest BCUT2D eigenvalue weighted by molar-refractivity contribution is 7.80. The molecule has 0 saturated carbocycles. The predicted molar refractivity (Wildman–Crippen MR) is 58.4 cm³/mol. The third-order valence-corrected chi connectivity index (χ3v) is 1.86. The van der Waals surface area contributed by atoms with Crippen LogP contribution in [0.3, 0.4) is 0 Å². The average molecular weight is 230 g/mol. The van der Waals surface area contributed by atoms with Gasteiger partial charge in [-0.1, -0.05) is 5.16 Å². The first-order valence-corrected chi connectivity index (χ1v) is 4.93. The molecule has 0 atom stereocenters. The summed E-state index contributed by atoms with van der Waals surface area (Å²) < 4.78 is 9.68. The first-order valence-electron chi connectivity index (χ1n) is 4.52. The van der Waals surface area contributed by atoms with E-state index < -0.39 is 0 Å². The molecule has 1 aromatic rings. The number of ether oxygens (including phenoxy) is 1. The van der Waals surface area contributed by atoms with Crippen molar-refractivity contribution in [3.63, 3.8) is 0 Å². The number of rotatable bonds is 5. The summed E-state index contributed by atoms with van der Waals surface area (Å²) in [6, 6.07) is 0. The minimum Gasteiger partial charge on any atom is -0.383 e. The van der Waals surface area contributed by atoms with Gasteiger partial charge in [0.2, 0.25) is 5.89 Å². The summed E-state index contributed by atoms with van der Waals surface area (Å²) in [6.45, 7) is 3.48. The molecule has 0 fully saturated rings. The van der Waals surface area contributed by atoms with E-state index in [4.69, 9.17) is 21.5 Å². The van der Waals surface area contributed by atoms with E-state index in [1.807, 2.05) is 0 Å². The van der Waals surface area contributed by atoms with Crippen molar-refractivity contribution in [2.45, 2.75) is 13.5 Å². The van der Waals surface area contributed by atoms with Crippen molar-refractivity contribution in [2.24, 2.45) is 0 Å². The minimum absolute atomic E-state index is 0.455. The van der Waals surface area contributed by atoms with Gasteiger partial charge in [-0.25, -0.2) is 0 Å². The van der Waals surface area contributed by atoms with Gasteiger partial charge in [0.25, 0.3) is 0 Å². The monoisotopic (exact) mass is 230 g/mol. The zero-order chi connectivity index (χ0) is 11.1. The number of aryl methyl sites for hydroxylation is 1. The molecular formula is C8H14N4O2S. The maximum atomic E-state index is 5.01. The maximum Gasteiger partial charge on any atom is 0.223 e. The van der Waals surface area contributed by atoms with Crippen LogP contribution in [0.25, 0.3) is 0 Å². The van der Waals surface area contributed by atoms with E-state index in [9.17, 15) is 0 Å². The van der Waals surface area contributed by atoms with E-state index in [2.05, 4.69) is 20.8 Å². The highest BCUT2D eigenvalue weighted by atomic mass is 32.1. The van der Waals surface area contributed by atoms with Crippen LogP contribution in [0.15, 0.2) is 4.52 Å². The number of hydrogen-bond acceptors (Lipinski definition) is 5. The Morgan fingerprint density at radius 1 is 1.53 bits per heavy atom. The van der Waals surface area contributed by atoms with E-state index in [-0.39, 0.29) is 0 Å². The van der Waals surface area contributed by atoms with Gasteiger partial charge in [-0.3, -0.25) is 0 Å². The molecule has 0 spiro atoms. The molecule has 6 nitrogen and oxygen atoms in total. The second-order valence-electron chi connectivity index (χ2n) is 2.83. The Labute approximate surface area is 93.4 Å². The van der Waals surface area contributed by atoms with Gasteiger partial charge >= 0.3 is 0 Å². The molecule has 0 amide bonds. The van der Waals surface area contributed by atoms with Gasteiger partial charge < -0.3 is 19.9 Å². The van der Waals surface area contributed by atoms with Crippen molar-refractivity contribution in [1.82, 2.24) is 20.8 Å². The van der Waals surface area contributed by atoms with E-state index in [1.54, 1.807) is 14.0 Å². The van der Waals surface area contributed by atoms with Crippen molar-refractivity contribution >= 4 is 17.3 Å². The Morgan fingerprint density at radius 2 is 2.33 bits per heavy atom. The van der Waals surface area contributed by atoms with Gasteiger partial charge in [0.05, 0.1) is 13.2 Å². The number of aromatic nitrogens is 2. The summed E-state index contributed by atoms with van der Waals surface area (Å²) in [7, 11) is 1.64. The van der Waals surface area contributed by atoms with Crippen molar-refractivity contribution in [2.75, 3.05) is 20.3 Å². The largest absolute Gasteiger partial charge is 0.383 e. The lowest BCUT2D eigenvalue weighted by Gasteiger charge is -2.07. The molecule has 2 N–H and O–H groups in total. The second-order valence-corrected chi connectivity index (χ2v) is 3.24. The molecule has 0 unspecified atom stereocenters. The van der Waals surface area contributed by atoms with Crippen LogP contribution in [0.5, 0.6) is 0 Å². The smallest absolute Gasteiger partial charge is 0.223 e. The first kappa shape index (κ1) is 11.9. The first-order chi connectivity index (χ1) is 7.22. The Hall–Kier alpha value is -1.21. The van der Waals surface area contributed by atoms with Gasteiger partial charge in [0.1, 0.15) is 0 Å². The van der Waals surface area contributed by atoms with E-state index in [0.29, 0.717) is 36.5 Å². The summed E-state index contributed by atoms with van der Waals surface area (Å²) in [5.41, 5.74) is 0. The van der Waals surface area contributed by atoms with Crippen LogP contribution in [0, 0.1) is 6.92 Å². The summed E-state index contributed by atoms with van der Waals surface area (Å²) in [6.07, 6.45) is 0. The molecule has 0 saturated heterocycles. The molecule has 1 aromatic heterocycles. The molecule has 0 aliphatic heterocycles. The SMILES string of the molecule is COCCNC(=S)NCc1noc(C)n1. The molecule has 0 bridgehead atoms. The summed E-state index contributed by atoms with van der Waals surface area (Å²) in [5.74, 6) is 1.13. The number of methoxy groups -OCH3 is 1. The molecule has 0 aliphatic carbocycles. The lowest BCUT2D eigenvalue weighted by atomic mass is 10.6. The lowest BCUT2D eigenvalue weighted by Crippen LogP contribution is -2.36. The molecule has 0 aliphatic rings. The molecular weight excluding hydrogens is 216 g/mol. The predicted octanol–water partition coefficient (Wildman–Crippen LogP) is -0.0115. The number of hydrogen-bond donors (Lipinski definition) is 2. The fourth-order valence-electron chi connectivity index (χ4n) is 0.902. The van der Waals surface area contributed by atoms with Gasteiger partial charge in [0, 0.05) is 20.6 Å². The Bertz CT molecular complexity index is 315. The van der Waals surface area contributed by atoms with E-state index in [0.717, 1.165) is 0 Å². The zero-order valence-corrected chi connectivity index (χ0v) is 9.56. The lowest BCUT2D eigenvalue weighted by molar-refractivity contribution is 0.204. The highest BCUT2D eigenvalue weighted by Gasteiger charge is 2.02. The van der Waals surface area contributed by atoms with Gasteiger partial charge in [-0.2, -0.15) is 4.98 Å². The Balaban J connectivity index is 2.16. The quantitative estimate of drug-likeness (QED) is 0.544. The molecule has 7 heteroatoms. The van der Waals surface area contributed by atoms with Crippen molar-refractivity contribution in [1.29, 1.82) is 0 Å². The van der Waals surface area contributed by atoms with Crippen LogP contribution in [-0.4, -0.2) is 35.5 Å². The molecule has 84 valence electrons. The van der Waals surface area contributed by atoms with Crippen molar-refractivity contribution in [3.05, 3.63) is 11.7 Å². The second kappa shape index (κ2) is 6.31. The summed E-state index contributed by atoms with van der Waals surface area (Å²) in [5, 5.41) is 10.2. The molecule has 15 heavy (non-hydrogen) atoms. The summed E-state index contributed by atoms with van der Waals surface area (Å²) >= 11 is 5.01. The fraction of sp³-hybridized carbons (Fsp3) is 0.625. The number of nitrogens with one attached hydrogen (secondary N) is 2. The molecule has 0 aromatic carbocycles. The van der Waals surface area contributed by atoms with Gasteiger partial charge in [0.15, 0.2) is 10.9 Å². The van der Waals surface area contributed by atoms with Crippen LogP contribution >= 0.6 is 12.2 Å². The maximum absolute atomic E-state index is 5.01. The number of thiocarbonyl (C=S) groups is 1. The Kier molecular flexibility index (Phi) is 4.99. The zero-order valence-electron chi connectivity index (χ0n) is 8.74. The highest BCUT2D eigenvalue weighted by Crippen LogP contribution is 1.93.